The molecule has 0 unspecified atom stereocenters. The number of nitrogens with zero attached hydrogens (tertiary/aromatic N) is 3. The normalized spacial score (nSPS) is 11.6. The summed E-state index contributed by atoms with van der Waals surface area (Å²) >= 11 is 6.14. The fourth-order valence-electron chi connectivity index (χ4n) is 2.39. The van der Waals surface area contributed by atoms with Gasteiger partial charge >= 0.3 is 11.9 Å². The molecule has 3 aromatic rings. The Bertz CT molecular complexity index is 998. The molecule has 10 heteroatoms. The van der Waals surface area contributed by atoms with Gasteiger partial charge in [0.15, 0.2) is 0 Å². The van der Waals surface area contributed by atoms with Gasteiger partial charge in [-0.1, -0.05) is 29.3 Å². The highest BCUT2D eigenvalue weighted by Crippen LogP contribution is 2.37. The summed E-state index contributed by atoms with van der Waals surface area (Å²) in [5.74, 6) is -0.332. The molecule has 3 rings (SSSR count). The van der Waals surface area contributed by atoms with Crippen LogP contribution in [0.4, 0.5) is 13.2 Å². The van der Waals surface area contributed by atoms with Crippen LogP contribution < -0.4 is 10.4 Å². The Balaban J connectivity index is 1.97. The van der Waals surface area contributed by atoms with E-state index in [2.05, 4.69) is 15.5 Å². The van der Waals surface area contributed by atoms with E-state index in [0.29, 0.717) is 11.1 Å². The van der Waals surface area contributed by atoms with Crippen LogP contribution in [0, 0.1) is 6.92 Å². The highest BCUT2D eigenvalue weighted by Gasteiger charge is 2.34. The van der Waals surface area contributed by atoms with Crippen LogP contribution in [-0.4, -0.2) is 20.2 Å². The molecule has 0 atom stereocenters. The standard InChI is InChI=1S/C16H12ClF3N4O2/c1-9-5-6-14(11(7-9)16(18,19)20)26-8-10-12(17)3-2-4-13(10)24-15(25)21-22-23-24/h2-7H,8H2,1H3,(H,21,23,25). The zero-order chi connectivity index (χ0) is 18.9. The summed E-state index contributed by atoms with van der Waals surface area (Å²) in [6.07, 6.45) is -4.56. The number of benzene rings is 2. The van der Waals surface area contributed by atoms with Crippen LogP contribution >= 0.6 is 11.6 Å². The van der Waals surface area contributed by atoms with E-state index in [0.717, 1.165) is 10.7 Å². The maximum Gasteiger partial charge on any atom is 0.419 e. The molecule has 2 aromatic carbocycles. The van der Waals surface area contributed by atoms with Crippen molar-refractivity contribution in [2.75, 3.05) is 0 Å². The van der Waals surface area contributed by atoms with Crippen LogP contribution in [-0.2, 0) is 12.8 Å². The summed E-state index contributed by atoms with van der Waals surface area (Å²) in [5, 5.41) is 9.36. The highest BCUT2D eigenvalue weighted by molar-refractivity contribution is 6.31. The highest BCUT2D eigenvalue weighted by atomic mass is 35.5. The van der Waals surface area contributed by atoms with Gasteiger partial charge in [-0.15, -0.1) is 0 Å². The van der Waals surface area contributed by atoms with Gasteiger partial charge in [0.2, 0.25) is 0 Å². The van der Waals surface area contributed by atoms with Crippen molar-refractivity contribution in [2.24, 2.45) is 0 Å². The zero-order valence-corrected chi connectivity index (χ0v) is 14.1. The molecule has 0 fully saturated rings. The van der Waals surface area contributed by atoms with E-state index in [-0.39, 0.29) is 23.1 Å². The SMILES string of the molecule is Cc1ccc(OCc2c(Cl)cccc2-n2nn[nH]c2=O)c(C(F)(F)F)c1. The number of hydrogen-bond acceptors (Lipinski definition) is 4. The summed E-state index contributed by atoms with van der Waals surface area (Å²) in [6.45, 7) is 1.27. The lowest BCUT2D eigenvalue weighted by Crippen LogP contribution is -2.18. The molecule has 136 valence electrons. The topological polar surface area (TPSA) is 72.8 Å². The fourth-order valence-corrected chi connectivity index (χ4v) is 2.61. The largest absolute Gasteiger partial charge is 0.488 e. The quantitative estimate of drug-likeness (QED) is 0.747. The number of aromatic amines is 1. The maximum atomic E-state index is 13.2. The summed E-state index contributed by atoms with van der Waals surface area (Å²) in [4.78, 5) is 11.7. The third-order valence-electron chi connectivity index (χ3n) is 3.61. The molecule has 0 spiro atoms. The molecule has 0 saturated carbocycles. The van der Waals surface area contributed by atoms with E-state index in [1.807, 2.05) is 0 Å². The first-order chi connectivity index (χ1) is 12.3. The van der Waals surface area contributed by atoms with Crippen molar-refractivity contribution < 1.29 is 17.9 Å². The fraction of sp³-hybridized carbons (Fsp3) is 0.188. The molecule has 0 amide bonds. The van der Waals surface area contributed by atoms with Crippen LogP contribution in [0.3, 0.4) is 0 Å². The number of H-pyrrole nitrogens is 1. The molecule has 0 aliphatic carbocycles. The van der Waals surface area contributed by atoms with Crippen molar-refractivity contribution in [3.63, 3.8) is 0 Å². The second-order valence-electron chi connectivity index (χ2n) is 5.44. The van der Waals surface area contributed by atoms with Crippen molar-refractivity contribution in [3.8, 4) is 11.4 Å². The van der Waals surface area contributed by atoms with Gasteiger partial charge in [-0.3, -0.25) is 0 Å². The van der Waals surface area contributed by atoms with Gasteiger partial charge in [-0.05, 0) is 41.6 Å². The first-order valence-corrected chi connectivity index (χ1v) is 7.74. The third-order valence-corrected chi connectivity index (χ3v) is 3.96. The molecule has 1 aromatic heterocycles. The predicted octanol–water partition coefficient (Wildman–Crippen LogP) is 3.52. The summed E-state index contributed by atoms with van der Waals surface area (Å²) in [6, 6.07) is 8.42. The van der Waals surface area contributed by atoms with E-state index < -0.39 is 17.4 Å². The number of halogens is 4. The predicted molar refractivity (Wildman–Crippen MR) is 87.5 cm³/mol. The maximum absolute atomic E-state index is 13.2. The lowest BCUT2D eigenvalue weighted by atomic mass is 10.1. The van der Waals surface area contributed by atoms with Gasteiger partial charge in [0.05, 0.1) is 11.3 Å². The second kappa shape index (κ2) is 6.83. The van der Waals surface area contributed by atoms with Crippen molar-refractivity contribution >= 4 is 11.6 Å². The van der Waals surface area contributed by atoms with Crippen molar-refractivity contribution in [1.82, 2.24) is 20.2 Å². The van der Waals surface area contributed by atoms with E-state index in [9.17, 15) is 18.0 Å². The van der Waals surface area contributed by atoms with Gasteiger partial charge < -0.3 is 4.74 Å². The van der Waals surface area contributed by atoms with E-state index in [4.69, 9.17) is 16.3 Å². The van der Waals surface area contributed by atoms with Crippen molar-refractivity contribution in [3.05, 3.63) is 68.6 Å². The number of tetrazole rings is 1. The molecule has 6 nitrogen and oxygen atoms in total. The molecular formula is C16H12ClF3N4O2. The third kappa shape index (κ3) is 3.57. The molecule has 0 radical (unpaired) electrons. The number of ether oxygens (including phenoxy) is 1. The molecule has 1 heterocycles. The first kappa shape index (κ1) is 18.0. The van der Waals surface area contributed by atoms with Crippen LogP contribution in [0.5, 0.6) is 5.75 Å². The average molecular weight is 385 g/mol. The van der Waals surface area contributed by atoms with Crippen LogP contribution in [0.15, 0.2) is 41.2 Å². The second-order valence-corrected chi connectivity index (χ2v) is 5.85. The lowest BCUT2D eigenvalue weighted by molar-refractivity contribution is -0.139. The van der Waals surface area contributed by atoms with Crippen molar-refractivity contribution in [1.29, 1.82) is 0 Å². The summed E-state index contributed by atoms with van der Waals surface area (Å²) in [5.41, 5.74) is -0.474. The average Bonchev–Trinajstić information content (AvgIpc) is 2.99. The van der Waals surface area contributed by atoms with E-state index in [1.165, 1.54) is 24.3 Å². The van der Waals surface area contributed by atoms with Gasteiger partial charge in [-0.25, -0.2) is 9.89 Å². The Morgan fingerprint density at radius 3 is 2.69 bits per heavy atom. The van der Waals surface area contributed by atoms with Gasteiger partial charge in [-0.2, -0.15) is 17.9 Å². The molecule has 0 bridgehead atoms. The Morgan fingerprint density at radius 1 is 1.27 bits per heavy atom. The number of aryl methyl sites for hydroxylation is 1. The van der Waals surface area contributed by atoms with Gasteiger partial charge in [0.1, 0.15) is 12.4 Å². The Morgan fingerprint density at radius 2 is 2.04 bits per heavy atom. The van der Waals surface area contributed by atoms with Crippen LogP contribution in [0.2, 0.25) is 5.02 Å². The molecule has 1 N–H and O–H groups in total. The number of aromatic nitrogens is 4. The number of rotatable bonds is 4. The molecule has 26 heavy (non-hydrogen) atoms. The minimum atomic E-state index is -4.56. The van der Waals surface area contributed by atoms with Crippen molar-refractivity contribution in [2.45, 2.75) is 19.7 Å². The molecule has 0 saturated heterocycles. The summed E-state index contributed by atoms with van der Waals surface area (Å²) < 4.78 is 46.0. The number of nitrogens with one attached hydrogen (secondary N) is 1. The minimum absolute atomic E-state index is 0.220. The smallest absolute Gasteiger partial charge is 0.419 e. The lowest BCUT2D eigenvalue weighted by Gasteiger charge is -2.16. The first-order valence-electron chi connectivity index (χ1n) is 7.36. The number of alkyl halides is 3. The van der Waals surface area contributed by atoms with Gasteiger partial charge in [0, 0.05) is 10.6 Å². The Kier molecular flexibility index (Phi) is 4.73. The molecule has 0 aliphatic heterocycles. The zero-order valence-electron chi connectivity index (χ0n) is 13.3. The Labute approximate surface area is 150 Å². The summed E-state index contributed by atoms with van der Waals surface area (Å²) in [7, 11) is 0. The Hall–Kier alpha value is -2.81. The van der Waals surface area contributed by atoms with Crippen LogP contribution in [0.1, 0.15) is 16.7 Å². The van der Waals surface area contributed by atoms with Gasteiger partial charge in [0.25, 0.3) is 0 Å². The monoisotopic (exact) mass is 384 g/mol. The molecular weight excluding hydrogens is 373 g/mol. The van der Waals surface area contributed by atoms with Crippen LogP contribution in [0.25, 0.3) is 5.69 Å². The molecule has 0 aliphatic rings. The minimum Gasteiger partial charge on any atom is -0.488 e. The van der Waals surface area contributed by atoms with E-state index >= 15 is 0 Å². The van der Waals surface area contributed by atoms with E-state index in [1.54, 1.807) is 13.0 Å². The number of hydrogen-bond donors (Lipinski definition) is 1.